The molecule has 1 aromatic rings. The second kappa shape index (κ2) is 5.17. The largest absolute Gasteiger partial charge is 0.337 e. The normalized spacial score (nSPS) is 20.0. The van der Waals surface area contributed by atoms with Crippen molar-refractivity contribution in [2.45, 2.75) is 20.3 Å². The minimum absolute atomic E-state index is 0.0504. The van der Waals surface area contributed by atoms with Crippen LogP contribution in [0.15, 0.2) is 22.8 Å². The van der Waals surface area contributed by atoms with Gasteiger partial charge in [-0.05, 0) is 46.3 Å². The van der Waals surface area contributed by atoms with E-state index < -0.39 is 0 Å². The molecule has 0 spiro atoms. The number of aromatic nitrogens is 1. The third-order valence-electron chi connectivity index (χ3n) is 3.39. The number of amides is 1. The molecule has 92 valence electrons. The van der Waals surface area contributed by atoms with Crippen molar-refractivity contribution in [2.75, 3.05) is 13.1 Å². The fourth-order valence-electron chi connectivity index (χ4n) is 2.21. The fourth-order valence-corrected chi connectivity index (χ4v) is 2.55. The van der Waals surface area contributed by atoms with Crippen molar-refractivity contribution in [3.63, 3.8) is 0 Å². The number of rotatable bonds is 2. The molecule has 3 nitrogen and oxygen atoms in total. The Morgan fingerprint density at radius 3 is 2.88 bits per heavy atom. The number of carbonyl (C=O) groups excluding carboxylic acids is 1. The molecule has 0 aromatic carbocycles. The molecule has 1 unspecified atom stereocenters. The molecule has 0 saturated carbocycles. The molecule has 1 aromatic heterocycles. The van der Waals surface area contributed by atoms with Gasteiger partial charge in [-0.1, -0.05) is 19.9 Å². The Hall–Kier alpha value is -0.900. The molecule has 1 aliphatic rings. The maximum Gasteiger partial charge on any atom is 0.272 e. The molecule has 0 radical (unpaired) electrons. The van der Waals surface area contributed by atoms with Gasteiger partial charge in [0, 0.05) is 13.1 Å². The van der Waals surface area contributed by atoms with Crippen molar-refractivity contribution >= 4 is 21.8 Å². The number of hydrogen-bond acceptors (Lipinski definition) is 2. The molecular weight excluding hydrogens is 280 g/mol. The minimum Gasteiger partial charge on any atom is -0.337 e. The lowest BCUT2D eigenvalue weighted by atomic mass is 9.95. The molecule has 0 N–H and O–H groups in total. The van der Waals surface area contributed by atoms with E-state index in [9.17, 15) is 4.79 Å². The Bertz CT molecular complexity index is 420. The van der Waals surface area contributed by atoms with Gasteiger partial charge < -0.3 is 4.90 Å². The van der Waals surface area contributed by atoms with Gasteiger partial charge in [0.2, 0.25) is 0 Å². The highest BCUT2D eigenvalue weighted by Crippen LogP contribution is 2.24. The van der Waals surface area contributed by atoms with Crippen LogP contribution >= 0.6 is 15.9 Å². The molecule has 2 rings (SSSR count). The molecule has 1 atom stereocenters. The maximum absolute atomic E-state index is 12.2. The first-order valence-corrected chi connectivity index (χ1v) is 6.79. The molecule has 17 heavy (non-hydrogen) atoms. The predicted molar refractivity (Wildman–Crippen MR) is 70.8 cm³/mol. The van der Waals surface area contributed by atoms with Crippen molar-refractivity contribution in [3.8, 4) is 0 Å². The third-order valence-corrected chi connectivity index (χ3v) is 3.83. The standard InChI is InChI=1S/C13H17BrN2O/c1-9(2)10-6-7-16(8-10)13(17)11-4-3-5-12(14)15-11/h3-5,9-10H,6-8H2,1-2H3. The Morgan fingerprint density at radius 1 is 1.53 bits per heavy atom. The smallest absolute Gasteiger partial charge is 0.272 e. The molecule has 0 aliphatic carbocycles. The van der Waals surface area contributed by atoms with Gasteiger partial charge in [-0.25, -0.2) is 4.98 Å². The summed E-state index contributed by atoms with van der Waals surface area (Å²) in [6.07, 6.45) is 1.11. The Kier molecular flexibility index (Phi) is 3.82. The van der Waals surface area contributed by atoms with Crippen molar-refractivity contribution in [1.82, 2.24) is 9.88 Å². The van der Waals surface area contributed by atoms with Crippen LogP contribution in [0, 0.1) is 11.8 Å². The molecule has 1 aliphatic heterocycles. The quantitative estimate of drug-likeness (QED) is 0.786. The average molecular weight is 297 g/mol. The van der Waals surface area contributed by atoms with Crippen LogP contribution in [0.5, 0.6) is 0 Å². The zero-order chi connectivity index (χ0) is 12.4. The van der Waals surface area contributed by atoms with Crippen LogP contribution in [0.2, 0.25) is 0 Å². The van der Waals surface area contributed by atoms with E-state index in [4.69, 9.17) is 0 Å². The van der Waals surface area contributed by atoms with E-state index in [-0.39, 0.29) is 5.91 Å². The first-order chi connectivity index (χ1) is 8.08. The third kappa shape index (κ3) is 2.86. The summed E-state index contributed by atoms with van der Waals surface area (Å²) in [7, 11) is 0. The van der Waals surface area contributed by atoms with E-state index >= 15 is 0 Å². The number of likely N-dealkylation sites (tertiary alicyclic amines) is 1. The van der Waals surface area contributed by atoms with Gasteiger partial charge in [0.05, 0.1) is 0 Å². The van der Waals surface area contributed by atoms with Gasteiger partial charge in [-0.15, -0.1) is 0 Å². The summed E-state index contributed by atoms with van der Waals surface area (Å²) in [5.41, 5.74) is 0.531. The summed E-state index contributed by atoms with van der Waals surface area (Å²) in [5, 5.41) is 0. The Balaban J connectivity index is 2.07. The van der Waals surface area contributed by atoms with Crippen LogP contribution in [0.1, 0.15) is 30.8 Å². The summed E-state index contributed by atoms with van der Waals surface area (Å²) in [6, 6.07) is 5.45. The summed E-state index contributed by atoms with van der Waals surface area (Å²) in [4.78, 5) is 18.3. The van der Waals surface area contributed by atoms with E-state index in [0.29, 0.717) is 22.1 Å². The van der Waals surface area contributed by atoms with E-state index in [0.717, 1.165) is 19.5 Å². The van der Waals surface area contributed by atoms with E-state index in [1.54, 1.807) is 6.07 Å². The van der Waals surface area contributed by atoms with Crippen LogP contribution in [-0.2, 0) is 0 Å². The lowest BCUT2D eigenvalue weighted by Crippen LogP contribution is -2.30. The average Bonchev–Trinajstić information content (AvgIpc) is 2.77. The fraction of sp³-hybridized carbons (Fsp3) is 0.538. The lowest BCUT2D eigenvalue weighted by molar-refractivity contribution is 0.0778. The topological polar surface area (TPSA) is 33.2 Å². The number of carbonyl (C=O) groups is 1. The molecule has 4 heteroatoms. The van der Waals surface area contributed by atoms with Gasteiger partial charge in [0.25, 0.3) is 5.91 Å². The number of nitrogens with zero attached hydrogens (tertiary/aromatic N) is 2. The molecule has 1 saturated heterocycles. The van der Waals surface area contributed by atoms with Crippen LogP contribution in [0.25, 0.3) is 0 Å². The highest BCUT2D eigenvalue weighted by Gasteiger charge is 2.29. The van der Waals surface area contributed by atoms with Gasteiger partial charge in [0.1, 0.15) is 10.3 Å². The molecule has 2 heterocycles. The van der Waals surface area contributed by atoms with Gasteiger partial charge in [-0.3, -0.25) is 4.79 Å². The highest BCUT2D eigenvalue weighted by molar-refractivity contribution is 9.10. The van der Waals surface area contributed by atoms with Gasteiger partial charge in [-0.2, -0.15) is 0 Å². The van der Waals surface area contributed by atoms with Crippen LogP contribution in [0.4, 0.5) is 0 Å². The van der Waals surface area contributed by atoms with Crippen molar-refractivity contribution in [2.24, 2.45) is 11.8 Å². The second-order valence-corrected chi connectivity index (χ2v) is 5.70. The Labute approximate surface area is 110 Å². The number of hydrogen-bond donors (Lipinski definition) is 0. The maximum atomic E-state index is 12.2. The highest BCUT2D eigenvalue weighted by atomic mass is 79.9. The SMILES string of the molecule is CC(C)C1CCN(C(=O)c2cccc(Br)n2)C1. The first kappa shape index (κ1) is 12.6. The monoisotopic (exact) mass is 296 g/mol. The summed E-state index contributed by atoms with van der Waals surface area (Å²) >= 11 is 3.29. The second-order valence-electron chi connectivity index (χ2n) is 4.89. The van der Waals surface area contributed by atoms with Gasteiger partial charge in [0.15, 0.2) is 0 Å². The van der Waals surface area contributed by atoms with Crippen molar-refractivity contribution in [3.05, 3.63) is 28.5 Å². The predicted octanol–water partition coefficient (Wildman–Crippen LogP) is 2.96. The minimum atomic E-state index is 0.0504. The van der Waals surface area contributed by atoms with E-state index in [1.165, 1.54) is 0 Å². The van der Waals surface area contributed by atoms with Crippen LogP contribution < -0.4 is 0 Å². The molecule has 1 amide bonds. The summed E-state index contributed by atoms with van der Waals surface area (Å²) in [5.74, 6) is 1.32. The number of pyridine rings is 1. The summed E-state index contributed by atoms with van der Waals surface area (Å²) in [6.45, 7) is 6.16. The lowest BCUT2D eigenvalue weighted by Gasteiger charge is -2.17. The van der Waals surface area contributed by atoms with Crippen molar-refractivity contribution in [1.29, 1.82) is 0 Å². The first-order valence-electron chi connectivity index (χ1n) is 5.99. The van der Waals surface area contributed by atoms with E-state index in [1.807, 2.05) is 17.0 Å². The number of halogens is 1. The molecular formula is C13H17BrN2O. The van der Waals surface area contributed by atoms with Gasteiger partial charge >= 0.3 is 0 Å². The molecule has 1 fully saturated rings. The summed E-state index contributed by atoms with van der Waals surface area (Å²) < 4.78 is 0.711. The van der Waals surface area contributed by atoms with Crippen molar-refractivity contribution < 1.29 is 4.79 Å². The van der Waals surface area contributed by atoms with Crippen LogP contribution in [0.3, 0.4) is 0 Å². The van der Waals surface area contributed by atoms with Crippen LogP contribution in [-0.4, -0.2) is 28.9 Å². The van der Waals surface area contributed by atoms with E-state index in [2.05, 4.69) is 34.8 Å². The zero-order valence-electron chi connectivity index (χ0n) is 10.2. The molecule has 0 bridgehead atoms. The Morgan fingerprint density at radius 2 is 2.29 bits per heavy atom. The zero-order valence-corrected chi connectivity index (χ0v) is 11.8.